The molecule has 0 saturated heterocycles. The Morgan fingerprint density at radius 1 is 1.06 bits per heavy atom. The van der Waals surface area contributed by atoms with Crippen LogP contribution in [0.15, 0.2) is 0 Å². The van der Waals surface area contributed by atoms with E-state index in [2.05, 4.69) is 23.8 Å². The minimum atomic E-state index is 0.717. The van der Waals surface area contributed by atoms with Crippen LogP contribution in [-0.4, -0.2) is 30.2 Å². The predicted molar refractivity (Wildman–Crippen MR) is 69.1 cm³/mol. The van der Waals surface area contributed by atoms with Crippen LogP contribution in [0.25, 0.3) is 0 Å². The zero-order valence-electron chi connectivity index (χ0n) is 11.1. The van der Waals surface area contributed by atoms with Gasteiger partial charge in [0, 0.05) is 31.5 Å². The molecule has 0 aromatic carbocycles. The fourth-order valence-electron chi connectivity index (χ4n) is 1.94. The Morgan fingerprint density at radius 2 is 1.71 bits per heavy atom. The highest BCUT2D eigenvalue weighted by molar-refractivity contribution is 5.24. The molecule has 0 atom stereocenters. The summed E-state index contributed by atoms with van der Waals surface area (Å²) in [5, 5.41) is 0. The van der Waals surface area contributed by atoms with Crippen molar-refractivity contribution in [2.45, 2.75) is 39.5 Å². The van der Waals surface area contributed by atoms with Crippen LogP contribution in [-0.2, 0) is 17.6 Å². The molecule has 17 heavy (non-hydrogen) atoms. The Bertz CT molecular complexity index is 330. The lowest BCUT2D eigenvalue weighted by Crippen LogP contribution is -2.08. The minimum Gasteiger partial charge on any atom is -0.385 e. The molecule has 0 bridgehead atoms. The maximum absolute atomic E-state index is 5.53. The summed E-state index contributed by atoms with van der Waals surface area (Å²) < 4.78 is 5.03. The molecule has 0 aliphatic carbocycles. The molecule has 0 aliphatic heterocycles. The van der Waals surface area contributed by atoms with Gasteiger partial charge >= 0.3 is 0 Å². The first-order valence-electron chi connectivity index (χ1n) is 6.21. The van der Waals surface area contributed by atoms with E-state index in [0.717, 1.165) is 49.5 Å². The van der Waals surface area contributed by atoms with Gasteiger partial charge in [-0.05, 0) is 45.2 Å². The Kier molecular flexibility index (Phi) is 6.08. The first-order chi connectivity index (χ1) is 8.19. The number of hydrogen-bond donors (Lipinski definition) is 1. The molecular weight excluding hydrogens is 214 g/mol. The molecule has 0 amide bonds. The van der Waals surface area contributed by atoms with E-state index < -0.39 is 0 Å². The zero-order valence-corrected chi connectivity index (χ0v) is 11.1. The third-order valence-electron chi connectivity index (χ3n) is 2.85. The Balaban J connectivity index is 2.71. The summed E-state index contributed by atoms with van der Waals surface area (Å²) in [5.41, 5.74) is 8.98. The summed E-state index contributed by atoms with van der Waals surface area (Å²) in [6, 6.07) is 0. The zero-order chi connectivity index (χ0) is 12.7. The number of ether oxygens (including phenoxy) is 1. The fraction of sp³-hybridized carbons (Fsp3) is 0.692. The monoisotopic (exact) mass is 237 g/mol. The number of nitrogens with two attached hydrogens (primary N) is 1. The molecule has 96 valence electrons. The number of nitrogens with zero attached hydrogens (tertiary/aromatic N) is 2. The summed E-state index contributed by atoms with van der Waals surface area (Å²) in [4.78, 5) is 9.10. The predicted octanol–water partition coefficient (Wildman–Crippen LogP) is 1.56. The highest BCUT2D eigenvalue weighted by atomic mass is 16.5. The smallest absolute Gasteiger partial charge is 0.128 e. The van der Waals surface area contributed by atoms with Crippen LogP contribution in [0.5, 0.6) is 0 Å². The van der Waals surface area contributed by atoms with Crippen molar-refractivity contribution >= 4 is 0 Å². The lowest BCUT2D eigenvalue weighted by atomic mass is 10.1. The third kappa shape index (κ3) is 4.40. The average Bonchev–Trinajstić information content (AvgIpc) is 2.28. The number of aromatic nitrogens is 2. The molecule has 4 heteroatoms. The van der Waals surface area contributed by atoms with Crippen molar-refractivity contribution in [3.63, 3.8) is 0 Å². The summed E-state index contributed by atoms with van der Waals surface area (Å²) in [6.07, 6.45) is 3.82. The summed E-state index contributed by atoms with van der Waals surface area (Å²) in [7, 11) is 1.72. The average molecular weight is 237 g/mol. The first-order valence-corrected chi connectivity index (χ1v) is 6.21. The van der Waals surface area contributed by atoms with Gasteiger partial charge in [-0.25, -0.2) is 9.97 Å². The van der Waals surface area contributed by atoms with Crippen LogP contribution in [0.1, 0.15) is 35.6 Å². The molecule has 0 saturated carbocycles. The molecule has 0 unspecified atom stereocenters. The molecule has 0 radical (unpaired) electrons. The van der Waals surface area contributed by atoms with E-state index in [0.29, 0.717) is 6.54 Å². The molecule has 1 aromatic heterocycles. The maximum Gasteiger partial charge on any atom is 0.128 e. The SMILES string of the molecule is COCCCc1nc(C)c(CCCN)c(C)n1. The van der Waals surface area contributed by atoms with Crippen molar-refractivity contribution in [3.05, 3.63) is 22.8 Å². The van der Waals surface area contributed by atoms with E-state index in [1.54, 1.807) is 7.11 Å². The molecule has 0 aliphatic rings. The molecular formula is C13H23N3O. The number of hydrogen-bond acceptors (Lipinski definition) is 4. The highest BCUT2D eigenvalue weighted by Crippen LogP contribution is 2.13. The quantitative estimate of drug-likeness (QED) is 0.731. The number of rotatable bonds is 7. The lowest BCUT2D eigenvalue weighted by molar-refractivity contribution is 0.194. The van der Waals surface area contributed by atoms with Gasteiger partial charge in [0.25, 0.3) is 0 Å². The van der Waals surface area contributed by atoms with Crippen LogP contribution in [0.2, 0.25) is 0 Å². The Morgan fingerprint density at radius 3 is 2.24 bits per heavy atom. The first kappa shape index (κ1) is 14.1. The Labute approximate surface area is 104 Å². The summed E-state index contributed by atoms with van der Waals surface area (Å²) in [5.74, 6) is 0.925. The molecule has 1 heterocycles. The van der Waals surface area contributed by atoms with Crippen molar-refractivity contribution in [1.82, 2.24) is 9.97 Å². The van der Waals surface area contributed by atoms with Gasteiger partial charge < -0.3 is 10.5 Å². The van der Waals surface area contributed by atoms with Gasteiger partial charge in [-0.1, -0.05) is 0 Å². The molecule has 0 fully saturated rings. The highest BCUT2D eigenvalue weighted by Gasteiger charge is 2.07. The van der Waals surface area contributed by atoms with Crippen LogP contribution in [0.4, 0.5) is 0 Å². The van der Waals surface area contributed by atoms with Crippen LogP contribution < -0.4 is 5.73 Å². The van der Waals surface area contributed by atoms with Gasteiger partial charge in [0.1, 0.15) is 5.82 Å². The van der Waals surface area contributed by atoms with E-state index in [1.807, 2.05) is 0 Å². The van der Waals surface area contributed by atoms with Crippen LogP contribution in [0, 0.1) is 13.8 Å². The normalized spacial score (nSPS) is 10.8. The molecule has 1 rings (SSSR count). The lowest BCUT2D eigenvalue weighted by Gasteiger charge is -2.10. The van der Waals surface area contributed by atoms with Crippen molar-refractivity contribution in [1.29, 1.82) is 0 Å². The summed E-state index contributed by atoms with van der Waals surface area (Å²) >= 11 is 0. The number of aryl methyl sites for hydroxylation is 3. The van der Waals surface area contributed by atoms with E-state index in [4.69, 9.17) is 10.5 Å². The van der Waals surface area contributed by atoms with Crippen molar-refractivity contribution < 1.29 is 4.74 Å². The maximum atomic E-state index is 5.53. The van der Waals surface area contributed by atoms with E-state index in [-0.39, 0.29) is 0 Å². The topological polar surface area (TPSA) is 61.0 Å². The van der Waals surface area contributed by atoms with Gasteiger partial charge in [0.15, 0.2) is 0 Å². The van der Waals surface area contributed by atoms with Crippen LogP contribution >= 0.6 is 0 Å². The molecule has 0 spiro atoms. The second-order valence-electron chi connectivity index (χ2n) is 4.28. The largest absolute Gasteiger partial charge is 0.385 e. The second-order valence-corrected chi connectivity index (χ2v) is 4.28. The molecule has 4 nitrogen and oxygen atoms in total. The van der Waals surface area contributed by atoms with Gasteiger partial charge in [-0.3, -0.25) is 0 Å². The van der Waals surface area contributed by atoms with Crippen molar-refractivity contribution in [3.8, 4) is 0 Å². The van der Waals surface area contributed by atoms with Gasteiger partial charge in [-0.15, -0.1) is 0 Å². The van der Waals surface area contributed by atoms with Crippen molar-refractivity contribution in [2.75, 3.05) is 20.3 Å². The minimum absolute atomic E-state index is 0.717. The molecule has 1 aromatic rings. The van der Waals surface area contributed by atoms with Gasteiger partial charge in [0.2, 0.25) is 0 Å². The van der Waals surface area contributed by atoms with Gasteiger partial charge in [-0.2, -0.15) is 0 Å². The van der Waals surface area contributed by atoms with E-state index in [9.17, 15) is 0 Å². The van der Waals surface area contributed by atoms with Crippen LogP contribution in [0.3, 0.4) is 0 Å². The van der Waals surface area contributed by atoms with Gasteiger partial charge in [0.05, 0.1) is 0 Å². The van der Waals surface area contributed by atoms with Crippen molar-refractivity contribution in [2.24, 2.45) is 5.73 Å². The summed E-state index contributed by atoms with van der Waals surface area (Å²) in [6.45, 7) is 5.59. The van der Waals surface area contributed by atoms with E-state index >= 15 is 0 Å². The molecule has 2 N–H and O–H groups in total. The second kappa shape index (κ2) is 7.35. The van der Waals surface area contributed by atoms with E-state index in [1.165, 1.54) is 5.56 Å². The number of methoxy groups -OCH3 is 1. The third-order valence-corrected chi connectivity index (χ3v) is 2.85. The standard InChI is InChI=1S/C13H23N3O/c1-10-12(6-4-8-14)11(2)16-13(15-10)7-5-9-17-3/h4-9,14H2,1-3H3. The fourth-order valence-corrected chi connectivity index (χ4v) is 1.94. The Hall–Kier alpha value is -1.00.